The fourth-order valence-corrected chi connectivity index (χ4v) is 2.84. The second-order valence-corrected chi connectivity index (χ2v) is 5.97. The number of carbonyl (C=O) groups excluding carboxylic acids is 1. The van der Waals surface area contributed by atoms with Gasteiger partial charge in [0.25, 0.3) is 5.91 Å². The maximum absolute atomic E-state index is 12.8. The zero-order valence-corrected chi connectivity index (χ0v) is 14.2. The number of aromatic nitrogens is 2. The van der Waals surface area contributed by atoms with E-state index in [0.29, 0.717) is 17.0 Å². The van der Waals surface area contributed by atoms with E-state index in [1.165, 1.54) is 19.2 Å². The third kappa shape index (κ3) is 3.83. The van der Waals surface area contributed by atoms with Gasteiger partial charge in [-0.3, -0.25) is 4.79 Å². The number of anilines is 1. The predicted octanol–water partition coefficient (Wildman–Crippen LogP) is 4.48. The number of carbonyl (C=O) groups is 1. The van der Waals surface area contributed by atoms with Gasteiger partial charge in [0, 0.05) is 11.3 Å². The van der Waals surface area contributed by atoms with Gasteiger partial charge in [-0.25, -0.2) is 0 Å². The van der Waals surface area contributed by atoms with Crippen molar-refractivity contribution in [2.24, 2.45) is 0 Å². The molecule has 0 bridgehead atoms. The molecule has 0 saturated heterocycles. The maximum Gasteiger partial charge on any atom is 0.416 e. The normalized spacial score (nSPS) is 11.2. The number of ether oxygens (including phenoxy) is 1. The zero-order chi connectivity index (χ0) is 18.7. The van der Waals surface area contributed by atoms with Crippen LogP contribution in [0.4, 0.5) is 18.9 Å². The number of hydrogen-bond donors (Lipinski definition) is 1. The molecule has 0 spiro atoms. The molecular weight excluding hydrogens is 367 g/mol. The molecule has 1 heterocycles. The molecule has 3 rings (SSSR count). The zero-order valence-electron chi connectivity index (χ0n) is 13.4. The first-order valence-corrected chi connectivity index (χ1v) is 8.11. The molecule has 0 aliphatic rings. The number of hydrogen-bond acceptors (Lipinski definition) is 5. The second-order valence-electron chi connectivity index (χ2n) is 5.22. The van der Waals surface area contributed by atoms with Crippen LogP contribution in [0.25, 0.3) is 11.3 Å². The molecule has 3 aromatic rings. The van der Waals surface area contributed by atoms with Crippen molar-refractivity contribution in [3.8, 4) is 17.0 Å². The Morgan fingerprint density at radius 1 is 1.15 bits per heavy atom. The molecule has 0 saturated carbocycles. The topological polar surface area (TPSA) is 64.1 Å². The van der Waals surface area contributed by atoms with Crippen LogP contribution in [-0.4, -0.2) is 22.6 Å². The molecule has 0 aliphatic carbocycles. The Morgan fingerprint density at radius 3 is 2.65 bits per heavy atom. The van der Waals surface area contributed by atoms with E-state index in [4.69, 9.17) is 4.74 Å². The molecule has 0 radical (unpaired) electrons. The molecule has 26 heavy (non-hydrogen) atoms. The highest BCUT2D eigenvalue weighted by atomic mass is 32.1. The highest BCUT2D eigenvalue weighted by molar-refractivity contribution is 7.08. The van der Waals surface area contributed by atoms with E-state index < -0.39 is 17.6 Å². The largest absolute Gasteiger partial charge is 0.497 e. The van der Waals surface area contributed by atoms with Gasteiger partial charge >= 0.3 is 6.18 Å². The van der Waals surface area contributed by atoms with Crippen molar-refractivity contribution in [1.29, 1.82) is 0 Å². The highest BCUT2D eigenvalue weighted by Crippen LogP contribution is 2.31. The lowest BCUT2D eigenvalue weighted by molar-refractivity contribution is -0.137. The smallest absolute Gasteiger partial charge is 0.416 e. The molecule has 134 valence electrons. The van der Waals surface area contributed by atoms with Gasteiger partial charge in [-0.2, -0.15) is 13.2 Å². The van der Waals surface area contributed by atoms with Gasteiger partial charge in [0.15, 0.2) is 0 Å². The fraction of sp³-hybridized carbons (Fsp3) is 0.118. The Hall–Kier alpha value is -2.94. The predicted molar refractivity (Wildman–Crippen MR) is 91.3 cm³/mol. The summed E-state index contributed by atoms with van der Waals surface area (Å²) >= 11 is 0.859. The van der Waals surface area contributed by atoms with E-state index >= 15 is 0 Å². The van der Waals surface area contributed by atoms with Crippen LogP contribution in [0.5, 0.6) is 5.75 Å². The van der Waals surface area contributed by atoms with Crippen LogP contribution in [0, 0.1) is 0 Å². The standard InChI is InChI=1S/C17H12F3N3O2S/c1-25-13-7-2-4-10(8-13)14-15(26-23-22-14)16(24)21-12-6-3-5-11(9-12)17(18,19)20/h2-9H,1H3,(H,21,24). The van der Waals surface area contributed by atoms with Gasteiger partial charge in [0.05, 0.1) is 12.7 Å². The summed E-state index contributed by atoms with van der Waals surface area (Å²) < 4.78 is 47.3. The van der Waals surface area contributed by atoms with Crippen LogP contribution in [0.15, 0.2) is 48.5 Å². The van der Waals surface area contributed by atoms with Crippen molar-refractivity contribution >= 4 is 23.1 Å². The highest BCUT2D eigenvalue weighted by Gasteiger charge is 2.30. The average Bonchev–Trinajstić information content (AvgIpc) is 3.11. The minimum Gasteiger partial charge on any atom is -0.497 e. The molecule has 0 unspecified atom stereocenters. The third-order valence-corrected chi connectivity index (χ3v) is 4.21. The quantitative estimate of drug-likeness (QED) is 0.726. The summed E-state index contributed by atoms with van der Waals surface area (Å²) in [5.74, 6) is -0.00289. The number of amides is 1. The summed E-state index contributed by atoms with van der Waals surface area (Å²) in [6, 6.07) is 11.3. The first-order valence-electron chi connectivity index (χ1n) is 7.34. The van der Waals surface area contributed by atoms with Crippen molar-refractivity contribution in [2.45, 2.75) is 6.18 Å². The van der Waals surface area contributed by atoms with Crippen LogP contribution in [0.1, 0.15) is 15.2 Å². The molecule has 0 aliphatic heterocycles. The first-order chi connectivity index (χ1) is 12.4. The van der Waals surface area contributed by atoms with Crippen molar-refractivity contribution in [2.75, 3.05) is 12.4 Å². The molecule has 2 aromatic carbocycles. The molecule has 0 fully saturated rings. The third-order valence-electron chi connectivity index (χ3n) is 3.49. The molecule has 1 N–H and O–H groups in total. The second kappa shape index (κ2) is 7.12. The molecule has 1 amide bonds. The number of nitrogens with one attached hydrogen (secondary N) is 1. The van der Waals surface area contributed by atoms with Crippen LogP contribution in [0.2, 0.25) is 0 Å². The summed E-state index contributed by atoms with van der Waals surface area (Å²) in [4.78, 5) is 12.7. The Bertz CT molecular complexity index is 941. The van der Waals surface area contributed by atoms with Crippen LogP contribution < -0.4 is 10.1 Å². The fourth-order valence-electron chi connectivity index (χ4n) is 2.26. The number of methoxy groups -OCH3 is 1. The minimum absolute atomic E-state index is 0.0369. The van der Waals surface area contributed by atoms with Crippen LogP contribution in [-0.2, 0) is 6.18 Å². The van der Waals surface area contributed by atoms with Gasteiger partial charge in [-0.15, -0.1) is 5.10 Å². The van der Waals surface area contributed by atoms with Gasteiger partial charge in [0.1, 0.15) is 16.3 Å². The summed E-state index contributed by atoms with van der Waals surface area (Å²) in [5.41, 5.74) is 0.145. The van der Waals surface area contributed by atoms with Gasteiger partial charge in [-0.05, 0) is 41.9 Å². The Labute approximate surface area is 150 Å². The van der Waals surface area contributed by atoms with Crippen LogP contribution >= 0.6 is 11.5 Å². The van der Waals surface area contributed by atoms with Gasteiger partial charge in [-0.1, -0.05) is 22.7 Å². The molecule has 5 nitrogen and oxygen atoms in total. The molecule has 1 aromatic heterocycles. The molecule has 9 heteroatoms. The summed E-state index contributed by atoms with van der Waals surface area (Å²) in [6.45, 7) is 0. The van der Waals surface area contributed by atoms with Crippen molar-refractivity contribution in [3.63, 3.8) is 0 Å². The Morgan fingerprint density at radius 2 is 1.92 bits per heavy atom. The monoisotopic (exact) mass is 379 g/mol. The van der Waals surface area contributed by atoms with Gasteiger partial charge in [0.2, 0.25) is 0 Å². The lowest BCUT2D eigenvalue weighted by Gasteiger charge is -2.09. The molecule has 0 atom stereocenters. The Balaban J connectivity index is 1.87. The lowest BCUT2D eigenvalue weighted by atomic mass is 10.1. The SMILES string of the molecule is COc1cccc(-c2nnsc2C(=O)Nc2cccc(C(F)(F)F)c2)c1. The van der Waals surface area contributed by atoms with E-state index in [1.54, 1.807) is 24.3 Å². The first kappa shape index (κ1) is 17.9. The maximum atomic E-state index is 12.8. The minimum atomic E-state index is -4.49. The van der Waals surface area contributed by atoms with E-state index in [1.807, 2.05) is 0 Å². The summed E-state index contributed by atoms with van der Waals surface area (Å²) in [6.07, 6.45) is -4.49. The summed E-state index contributed by atoms with van der Waals surface area (Å²) in [7, 11) is 1.51. The number of alkyl halides is 3. The van der Waals surface area contributed by atoms with E-state index in [9.17, 15) is 18.0 Å². The van der Waals surface area contributed by atoms with Crippen molar-refractivity contribution < 1.29 is 22.7 Å². The number of benzene rings is 2. The average molecular weight is 379 g/mol. The summed E-state index contributed by atoms with van der Waals surface area (Å²) in [5, 5.41) is 6.41. The van der Waals surface area contributed by atoms with E-state index in [-0.39, 0.29) is 10.6 Å². The van der Waals surface area contributed by atoms with Crippen molar-refractivity contribution in [1.82, 2.24) is 9.59 Å². The number of halogens is 3. The van der Waals surface area contributed by atoms with Crippen molar-refractivity contribution in [3.05, 3.63) is 59.0 Å². The van der Waals surface area contributed by atoms with E-state index in [0.717, 1.165) is 23.7 Å². The Kier molecular flexibility index (Phi) is 4.90. The van der Waals surface area contributed by atoms with Crippen LogP contribution in [0.3, 0.4) is 0 Å². The number of nitrogens with zero attached hydrogens (tertiary/aromatic N) is 2. The number of rotatable bonds is 4. The lowest BCUT2D eigenvalue weighted by Crippen LogP contribution is -2.13. The van der Waals surface area contributed by atoms with E-state index in [2.05, 4.69) is 14.9 Å². The molecular formula is C17H12F3N3O2S. The van der Waals surface area contributed by atoms with Gasteiger partial charge < -0.3 is 10.1 Å².